The molecule has 1 aliphatic rings. The average Bonchev–Trinajstić information content (AvgIpc) is 2.66. The number of nitrogens with one attached hydrogen (secondary N) is 1. The largest absolute Gasteiger partial charge is 0.343 e. The Labute approximate surface area is 148 Å². The highest BCUT2D eigenvalue weighted by molar-refractivity contribution is 5.96. The van der Waals surface area contributed by atoms with Crippen LogP contribution in [0.25, 0.3) is 11.1 Å². The molecule has 25 heavy (non-hydrogen) atoms. The van der Waals surface area contributed by atoms with Crippen molar-refractivity contribution in [3.8, 4) is 11.1 Å². The van der Waals surface area contributed by atoms with Crippen LogP contribution >= 0.6 is 0 Å². The molecule has 1 N–H and O–H groups in total. The SMILES string of the molecule is CC1CCCN(C(=O)CNC(=O)c2ccc(-c3ccccc3)cc2)C1. The van der Waals surface area contributed by atoms with Gasteiger partial charge in [0, 0.05) is 18.7 Å². The molecule has 3 rings (SSSR count). The van der Waals surface area contributed by atoms with Crippen molar-refractivity contribution in [2.45, 2.75) is 19.8 Å². The quantitative estimate of drug-likeness (QED) is 0.931. The topological polar surface area (TPSA) is 49.4 Å². The van der Waals surface area contributed by atoms with Crippen molar-refractivity contribution in [3.05, 3.63) is 60.2 Å². The fourth-order valence-electron chi connectivity index (χ4n) is 3.23. The molecule has 2 aromatic carbocycles. The minimum absolute atomic E-state index is 0.000746. The highest BCUT2D eigenvalue weighted by Crippen LogP contribution is 2.19. The van der Waals surface area contributed by atoms with Gasteiger partial charge >= 0.3 is 0 Å². The van der Waals surface area contributed by atoms with E-state index in [1.165, 1.54) is 6.42 Å². The molecule has 2 aromatic rings. The lowest BCUT2D eigenvalue weighted by Crippen LogP contribution is -2.44. The summed E-state index contributed by atoms with van der Waals surface area (Å²) in [5.41, 5.74) is 2.75. The molecule has 1 atom stereocenters. The number of amides is 2. The zero-order valence-electron chi connectivity index (χ0n) is 14.6. The summed E-state index contributed by atoms with van der Waals surface area (Å²) in [7, 11) is 0. The van der Waals surface area contributed by atoms with Gasteiger partial charge < -0.3 is 10.2 Å². The third-order valence-corrected chi connectivity index (χ3v) is 4.66. The summed E-state index contributed by atoms with van der Waals surface area (Å²) in [6.07, 6.45) is 2.21. The molecule has 1 unspecified atom stereocenters. The van der Waals surface area contributed by atoms with E-state index in [0.717, 1.165) is 30.6 Å². The maximum atomic E-state index is 12.3. The van der Waals surface area contributed by atoms with E-state index in [1.54, 1.807) is 12.1 Å². The monoisotopic (exact) mass is 336 g/mol. The molecular formula is C21H24N2O2. The number of hydrogen-bond acceptors (Lipinski definition) is 2. The van der Waals surface area contributed by atoms with Crippen LogP contribution in [0, 0.1) is 5.92 Å². The van der Waals surface area contributed by atoms with Gasteiger partial charge in [-0.1, -0.05) is 49.4 Å². The number of benzene rings is 2. The average molecular weight is 336 g/mol. The minimum Gasteiger partial charge on any atom is -0.343 e. The molecule has 4 heteroatoms. The second kappa shape index (κ2) is 7.97. The van der Waals surface area contributed by atoms with Crippen molar-refractivity contribution in [3.63, 3.8) is 0 Å². The van der Waals surface area contributed by atoms with Gasteiger partial charge in [-0.2, -0.15) is 0 Å². The Morgan fingerprint density at radius 1 is 1.04 bits per heavy atom. The summed E-state index contributed by atoms with van der Waals surface area (Å²) < 4.78 is 0. The van der Waals surface area contributed by atoms with Crippen LogP contribution < -0.4 is 5.32 Å². The predicted molar refractivity (Wildman–Crippen MR) is 99.2 cm³/mol. The van der Waals surface area contributed by atoms with Crippen LogP contribution in [-0.2, 0) is 4.79 Å². The summed E-state index contributed by atoms with van der Waals surface area (Å²) >= 11 is 0. The van der Waals surface area contributed by atoms with E-state index in [9.17, 15) is 9.59 Å². The van der Waals surface area contributed by atoms with Crippen LogP contribution in [0.2, 0.25) is 0 Å². The van der Waals surface area contributed by atoms with Gasteiger partial charge in [-0.3, -0.25) is 9.59 Å². The Bertz CT molecular complexity index is 725. The first-order valence-electron chi connectivity index (χ1n) is 8.85. The van der Waals surface area contributed by atoms with Crippen molar-refractivity contribution >= 4 is 11.8 Å². The lowest BCUT2D eigenvalue weighted by Gasteiger charge is -2.31. The third kappa shape index (κ3) is 4.47. The van der Waals surface area contributed by atoms with Crippen LogP contribution in [0.4, 0.5) is 0 Å². The van der Waals surface area contributed by atoms with Crippen LogP contribution in [0.1, 0.15) is 30.1 Å². The number of nitrogens with zero attached hydrogens (tertiary/aromatic N) is 1. The molecule has 0 saturated carbocycles. The van der Waals surface area contributed by atoms with Crippen LogP contribution in [0.3, 0.4) is 0 Å². The molecule has 130 valence electrons. The number of piperidine rings is 1. The van der Waals surface area contributed by atoms with Gasteiger partial charge in [-0.15, -0.1) is 0 Å². The Kier molecular flexibility index (Phi) is 5.49. The molecule has 0 bridgehead atoms. The molecule has 1 saturated heterocycles. The van der Waals surface area contributed by atoms with Gasteiger partial charge in [0.15, 0.2) is 0 Å². The zero-order chi connectivity index (χ0) is 17.6. The highest BCUT2D eigenvalue weighted by atomic mass is 16.2. The molecule has 0 spiro atoms. The van der Waals surface area contributed by atoms with E-state index in [2.05, 4.69) is 12.2 Å². The van der Waals surface area contributed by atoms with Gasteiger partial charge in [-0.05, 0) is 42.0 Å². The molecule has 1 aliphatic heterocycles. The first kappa shape index (κ1) is 17.2. The number of carbonyl (C=O) groups is 2. The standard InChI is InChI=1S/C21H24N2O2/c1-16-6-5-13-23(15-16)20(24)14-22-21(25)19-11-9-18(10-12-19)17-7-3-2-4-8-17/h2-4,7-12,16H,5-6,13-15H2,1H3,(H,22,25). The molecule has 0 aliphatic carbocycles. The third-order valence-electron chi connectivity index (χ3n) is 4.66. The normalized spacial score (nSPS) is 17.2. The number of hydrogen-bond donors (Lipinski definition) is 1. The van der Waals surface area contributed by atoms with E-state index in [0.29, 0.717) is 11.5 Å². The van der Waals surface area contributed by atoms with E-state index in [-0.39, 0.29) is 18.4 Å². The van der Waals surface area contributed by atoms with Crippen molar-refractivity contribution in [1.82, 2.24) is 10.2 Å². The molecule has 0 aromatic heterocycles. The maximum absolute atomic E-state index is 12.3. The molecule has 4 nitrogen and oxygen atoms in total. The lowest BCUT2D eigenvalue weighted by atomic mass is 10.0. The van der Waals surface area contributed by atoms with Crippen LogP contribution in [0.15, 0.2) is 54.6 Å². The fraction of sp³-hybridized carbons (Fsp3) is 0.333. The smallest absolute Gasteiger partial charge is 0.251 e. The summed E-state index contributed by atoms with van der Waals surface area (Å²) in [6, 6.07) is 17.5. The molecule has 1 heterocycles. The highest BCUT2D eigenvalue weighted by Gasteiger charge is 2.21. The lowest BCUT2D eigenvalue weighted by molar-refractivity contribution is -0.131. The Hall–Kier alpha value is -2.62. The van der Waals surface area contributed by atoms with Crippen molar-refractivity contribution in [2.24, 2.45) is 5.92 Å². The molecular weight excluding hydrogens is 312 g/mol. The summed E-state index contributed by atoms with van der Waals surface area (Å²) in [6.45, 7) is 3.81. The summed E-state index contributed by atoms with van der Waals surface area (Å²) in [4.78, 5) is 26.3. The minimum atomic E-state index is -0.210. The van der Waals surface area contributed by atoms with Gasteiger partial charge in [0.2, 0.25) is 5.91 Å². The predicted octanol–water partition coefficient (Wildman–Crippen LogP) is 3.34. The molecule has 2 amide bonds. The van der Waals surface area contributed by atoms with E-state index < -0.39 is 0 Å². The zero-order valence-corrected chi connectivity index (χ0v) is 14.6. The van der Waals surface area contributed by atoms with Gasteiger partial charge in [0.05, 0.1) is 6.54 Å². The number of carbonyl (C=O) groups excluding carboxylic acids is 2. The Morgan fingerprint density at radius 2 is 1.72 bits per heavy atom. The van der Waals surface area contributed by atoms with Crippen LogP contribution in [-0.4, -0.2) is 36.3 Å². The van der Waals surface area contributed by atoms with Crippen molar-refractivity contribution < 1.29 is 9.59 Å². The summed E-state index contributed by atoms with van der Waals surface area (Å²) in [5.74, 6) is 0.331. The summed E-state index contributed by atoms with van der Waals surface area (Å²) in [5, 5.41) is 2.74. The number of likely N-dealkylation sites (tertiary alicyclic amines) is 1. The van der Waals surface area contributed by atoms with Crippen LogP contribution in [0.5, 0.6) is 0 Å². The van der Waals surface area contributed by atoms with Crippen molar-refractivity contribution in [1.29, 1.82) is 0 Å². The van der Waals surface area contributed by atoms with Crippen molar-refractivity contribution in [2.75, 3.05) is 19.6 Å². The Morgan fingerprint density at radius 3 is 2.40 bits per heavy atom. The number of rotatable bonds is 4. The van der Waals surface area contributed by atoms with E-state index in [4.69, 9.17) is 0 Å². The Balaban J connectivity index is 1.55. The second-order valence-corrected chi connectivity index (χ2v) is 6.71. The molecule has 1 fully saturated rings. The molecule has 0 radical (unpaired) electrons. The van der Waals surface area contributed by atoms with Gasteiger partial charge in [0.25, 0.3) is 5.91 Å². The van der Waals surface area contributed by atoms with E-state index >= 15 is 0 Å². The maximum Gasteiger partial charge on any atom is 0.251 e. The first-order valence-corrected chi connectivity index (χ1v) is 8.85. The van der Waals surface area contributed by atoms with E-state index in [1.807, 2.05) is 47.4 Å². The van der Waals surface area contributed by atoms with Gasteiger partial charge in [0.1, 0.15) is 0 Å². The fourth-order valence-corrected chi connectivity index (χ4v) is 3.23. The van der Waals surface area contributed by atoms with Gasteiger partial charge in [-0.25, -0.2) is 0 Å². The first-order chi connectivity index (χ1) is 12.1. The second-order valence-electron chi connectivity index (χ2n) is 6.71.